The van der Waals surface area contributed by atoms with Crippen LogP contribution in [0.2, 0.25) is 0 Å². The van der Waals surface area contributed by atoms with Crippen molar-refractivity contribution in [3.8, 4) is 5.75 Å². The molecule has 27 heavy (non-hydrogen) atoms. The number of nitro benzene ring substituents is 1. The van der Waals surface area contributed by atoms with Crippen molar-refractivity contribution in [3.05, 3.63) is 57.6 Å². The molecular formula is C19H19N3O4S. The highest BCUT2D eigenvalue weighted by molar-refractivity contribution is 7.22. The van der Waals surface area contributed by atoms with Crippen molar-refractivity contribution < 1.29 is 14.5 Å². The molecule has 0 saturated heterocycles. The van der Waals surface area contributed by atoms with Gasteiger partial charge in [-0.3, -0.25) is 14.9 Å². The Morgan fingerprint density at radius 3 is 2.59 bits per heavy atom. The average Bonchev–Trinajstić information content (AvgIpc) is 3.03. The number of hydrogen-bond donors (Lipinski definition) is 1. The molecule has 1 heterocycles. The van der Waals surface area contributed by atoms with Crippen LogP contribution in [0.25, 0.3) is 10.2 Å². The fraction of sp³-hybridized carbons (Fsp3) is 0.263. The van der Waals surface area contributed by atoms with Crippen LogP contribution in [0.15, 0.2) is 36.4 Å². The van der Waals surface area contributed by atoms with Gasteiger partial charge in [-0.2, -0.15) is 0 Å². The highest BCUT2D eigenvalue weighted by Crippen LogP contribution is 2.36. The molecule has 0 unspecified atom stereocenters. The van der Waals surface area contributed by atoms with Gasteiger partial charge in [-0.05, 0) is 17.0 Å². The SMILES string of the molecule is COc1cc([N+](=O)[O-])cc2sc(NC(=O)Cc3ccc(C(C)C)cc3)nc12. The molecule has 0 radical (unpaired) electrons. The van der Waals surface area contributed by atoms with Crippen LogP contribution in [-0.4, -0.2) is 22.9 Å². The van der Waals surface area contributed by atoms with Crippen molar-refractivity contribution in [1.82, 2.24) is 4.98 Å². The van der Waals surface area contributed by atoms with Crippen molar-refractivity contribution in [2.75, 3.05) is 12.4 Å². The first-order valence-electron chi connectivity index (χ1n) is 8.39. The standard InChI is InChI=1S/C19H19N3O4S/c1-11(2)13-6-4-12(5-7-13)8-17(23)20-19-21-18-15(26-3)9-14(22(24)25)10-16(18)27-19/h4-7,9-11H,8H2,1-3H3,(H,20,21,23). The molecular weight excluding hydrogens is 366 g/mol. The molecule has 3 aromatic rings. The zero-order valence-corrected chi connectivity index (χ0v) is 16.0. The smallest absolute Gasteiger partial charge is 0.274 e. The topological polar surface area (TPSA) is 94.4 Å². The minimum Gasteiger partial charge on any atom is -0.494 e. The van der Waals surface area contributed by atoms with E-state index in [2.05, 4.69) is 24.1 Å². The predicted molar refractivity (Wildman–Crippen MR) is 106 cm³/mol. The Morgan fingerprint density at radius 2 is 2.00 bits per heavy atom. The number of ether oxygens (including phenoxy) is 1. The van der Waals surface area contributed by atoms with Crippen molar-refractivity contribution in [1.29, 1.82) is 0 Å². The number of carbonyl (C=O) groups is 1. The van der Waals surface area contributed by atoms with E-state index >= 15 is 0 Å². The first kappa shape index (κ1) is 18.8. The molecule has 0 spiro atoms. The van der Waals surface area contributed by atoms with Gasteiger partial charge in [0.15, 0.2) is 10.9 Å². The number of nitro groups is 1. The molecule has 0 aliphatic heterocycles. The maximum absolute atomic E-state index is 12.3. The molecule has 1 N–H and O–H groups in total. The van der Waals surface area contributed by atoms with E-state index in [1.165, 1.54) is 36.1 Å². The molecule has 1 aromatic heterocycles. The average molecular weight is 385 g/mol. The highest BCUT2D eigenvalue weighted by atomic mass is 32.1. The van der Waals surface area contributed by atoms with Crippen LogP contribution in [0.4, 0.5) is 10.8 Å². The number of non-ortho nitro benzene ring substituents is 1. The second kappa shape index (κ2) is 7.71. The maximum Gasteiger partial charge on any atom is 0.274 e. The predicted octanol–water partition coefficient (Wildman–Crippen LogP) is 4.52. The lowest BCUT2D eigenvalue weighted by Crippen LogP contribution is -2.14. The van der Waals surface area contributed by atoms with Crippen LogP contribution >= 0.6 is 11.3 Å². The molecule has 2 aromatic carbocycles. The fourth-order valence-corrected chi connectivity index (χ4v) is 3.60. The fourth-order valence-electron chi connectivity index (χ4n) is 2.67. The van der Waals surface area contributed by atoms with Gasteiger partial charge in [-0.1, -0.05) is 49.4 Å². The summed E-state index contributed by atoms with van der Waals surface area (Å²) in [6.45, 7) is 4.24. The van der Waals surface area contributed by atoms with Gasteiger partial charge in [0.2, 0.25) is 5.91 Å². The van der Waals surface area contributed by atoms with Crippen LogP contribution in [0, 0.1) is 10.1 Å². The minimum atomic E-state index is -0.485. The van der Waals surface area contributed by atoms with Crippen LogP contribution in [-0.2, 0) is 11.2 Å². The molecule has 0 fully saturated rings. The maximum atomic E-state index is 12.3. The highest BCUT2D eigenvalue weighted by Gasteiger charge is 2.17. The minimum absolute atomic E-state index is 0.0777. The summed E-state index contributed by atoms with van der Waals surface area (Å²) >= 11 is 1.18. The van der Waals surface area contributed by atoms with Gasteiger partial charge in [-0.25, -0.2) is 4.98 Å². The number of rotatable bonds is 6. The Kier molecular flexibility index (Phi) is 5.36. The summed E-state index contributed by atoms with van der Waals surface area (Å²) in [5.74, 6) is 0.551. The van der Waals surface area contributed by atoms with Crippen molar-refractivity contribution in [2.45, 2.75) is 26.2 Å². The Hall–Kier alpha value is -3.00. The van der Waals surface area contributed by atoms with Crippen molar-refractivity contribution >= 4 is 38.3 Å². The van der Waals surface area contributed by atoms with E-state index in [4.69, 9.17) is 4.74 Å². The third kappa shape index (κ3) is 4.22. The number of thiazole rings is 1. The number of nitrogens with zero attached hydrogens (tertiary/aromatic N) is 2. The zero-order chi connectivity index (χ0) is 19.6. The van der Waals surface area contributed by atoms with E-state index in [0.717, 1.165) is 5.56 Å². The summed E-state index contributed by atoms with van der Waals surface area (Å²) in [7, 11) is 1.43. The van der Waals surface area contributed by atoms with E-state index in [-0.39, 0.29) is 18.0 Å². The number of carbonyl (C=O) groups excluding carboxylic acids is 1. The number of benzene rings is 2. The number of nitrogens with one attached hydrogen (secondary N) is 1. The monoisotopic (exact) mass is 385 g/mol. The summed E-state index contributed by atoms with van der Waals surface area (Å²) in [4.78, 5) is 27.2. The summed E-state index contributed by atoms with van der Waals surface area (Å²) < 4.78 is 5.77. The van der Waals surface area contributed by atoms with Crippen LogP contribution in [0.3, 0.4) is 0 Å². The van der Waals surface area contributed by atoms with Crippen LogP contribution in [0.5, 0.6) is 5.75 Å². The van der Waals surface area contributed by atoms with Gasteiger partial charge in [-0.15, -0.1) is 0 Å². The first-order chi connectivity index (χ1) is 12.9. The molecule has 0 aliphatic carbocycles. The Balaban J connectivity index is 1.77. The quantitative estimate of drug-likeness (QED) is 0.497. The third-order valence-electron chi connectivity index (χ3n) is 4.13. The van der Waals surface area contributed by atoms with E-state index < -0.39 is 4.92 Å². The molecule has 140 valence electrons. The summed E-state index contributed by atoms with van der Waals surface area (Å²) in [6, 6.07) is 10.7. The first-order valence-corrected chi connectivity index (χ1v) is 9.20. The Bertz CT molecular complexity index is 996. The van der Waals surface area contributed by atoms with Crippen LogP contribution < -0.4 is 10.1 Å². The van der Waals surface area contributed by atoms with Gasteiger partial charge in [0, 0.05) is 6.07 Å². The largest absolute Gasteiger partial charge is 0.494 e. The molecule has 0 aliphatic rings. The van der Waals surface area contributed by atoms with Gasteiger partial charge in [0.1, 0.15) is 5.52 Å². The van der Waals surface area contributed by atoms with Crippen LogP contribution in [0.1, 0.15) is 30.9 Å². The number of methoxy groups -OCH3 is 1. The molecule has 8 heteroatoms. The van der Waals surface area contributed by atoms with E-state index in [9.17, 15) is 14.9 Å². The second-order valence-corrected chi connectivity index (χ2v) is 7.42. The molecule has 7 nitrogen and oxygen atoms in total. The van der Waals surface area contributed by atoms with Gasteiger partial charge >= 0.3 is 0 Å². The lowest BCUT2D eigenvalue weighted by Gasteiger charge is -2.06. The Labute approximate surface area is 160 Å². The lowest BCUT2D eigenvalue weighted by molar-refractivity contribution is -0.384. The normalized spacial score (nSPS) is 11.0. The number of amides is 1. The summed E-state index contributed by atoms with van der Waals surface area (Å²) in [5.41, 5.74) is 2.54. The van der Waals surface area contributed by atoms with E-state index in [0.29, 0.717) is 27.0 Å². The molecule has 0 saturated carbocycles. The van der Waals surface area contributed by atoms with Crippen molar-refractivity contribution in [3.63, 3.8) is 0 Å². The summed E-state index contributed by atoms with van der Waals surface area (Å²) in [6.07, 6.45) is 0.228. The Morgan fingerprint density at radius 1 is 1.30 bits per heavy atom. The van der Waals surface area contributed by atoms with Gasteiger partial charge in [0.05, 0.1) is 29.2 Å². The zero-order valence-electron chi connectivity index (χ0n) is 15.2. The number of anilines is 1. The second-order valence-electron chi connectivity index (χ2n) is 6.39. The number of fused-ring (bicyclic) bond motifs is 1. The molecule has 0 atom stereocenters. The van der Waals surface area contributed by atoms with Crippen molar-refractivity contribution in [2.24, 2.45) is 0 Å². The van der Waals surface area contributed by atoms with E-state index in [1.807, 2.05) is 24.3 Å². The molecule has 3 rings (SSSR count). The molecule has 1 amide bonds. The number of hydrogen-bond acceptors (Lipinski definition) is 6. The lowest BCUT2D eigenvalue weighted by atomic mass is 10.0. The molecule has 0 bridgehead atoms. The van der Waals surface area contributed by atoms with Gasteiger partial charge in [0.25, 0.3) is 5.69 Å². The third-order valence-corrected chi connectivity index (χ3v) is 5.05. The summed E-state index contributed by atoms with van der Waals surface area (Å²) in [5, 5.41) is 14.2. The number of aromatic nitrogens is 1. The van der Waals surface area contributed by atoms with Gasteiger partial charge < -0.3 is 10.1 Å². The van der Waals surface area contributed by atoms with E-state index in [1.54, 1.807) is 0 Å².